The van der Waals surface area contributed by atoms with E-state index >= 15 is 0 Å². The van der Waals surface area contributed by atoms with Crippen molar-refractivity contribution >= 4 is 5.97 Å². The van der Waals surface area contributed by atoms with Gasteiger partial charge in [-0.2, -0.15) is 13.2 Å². The predicted molar refractivity (Wildman–Crippen MR) is 41.6 cm³/mol. The van der Waals surface area contributed by atoms with Gasteiger partial charge in [-0.05, 0) is 5.41 Å². The third-order valence-electron chi connectivity index (χ3n) is 1.56. The monoisotopic (exact) mass is 216 g/mol. The summed E-state index contributed by atoms with van der Waals surface area (Å²) in [4.78, 5) is 10.3. The van der Waals surface area contributed by atoms with Crippen LogP contribution < -0.4 is 0 Å². The van der Waals surface area contributed by atoms with Crippen LogP contribution in [0.3, 0.4) is 0 Å². The minimum absolute atomic E-state index is 1.05. The van der Waals surface area contributed by atoms with Gasteiger partial charge < -0.3 is 5.11 Å². The molecule has 14 heavy (non-hydrogen) atoms. The summed E-state index contributed by atoms with van der Waals surface area (Å²) in [6, 6.07) is 0. The maximum Gasteiger partial charge on any atom is 0.433 e. The molecule has 0 heterocycles. The fraction of sp³-hybridized carbons (Fsp3) is 0.875. The van der Waals surface area contributed by atoms with Crippen LogP contribution >= 0.6 is 0 Å². The van der Waals surface area contributed by atoms with Gasteiger partial charge in [-0.15, -0.1) is 0 Å². The topological polar surface area (TPSA) is 37.3 Å². The lowest BCUT2D eigenvalue weighted by Crippen LogP contribution is -2.50. The average Bonchev–Trinajstić information content (AvgIpc) is 1.79. The van der Waals surface area contributed by atoms with Gasteiger partial charge in [-0.1, -0.05) is 20.8 Å². The molecule has 0 rings (SSSR count). The van der Waals surface area contributed by atoms with Crippen LogP contribution in [0, 0.1) is 5.41 Å². The number of carboxylic acid groups (broad SMARTS) is 1. The summed E-state index contributed by atoms with van der Waals surface area (Å²) in [6.45, 7) is 4.03. The highest BCUT2D eigenvalue weighted by atomic mass is 19.4. The van der Waals surface area contributed by atoms with Crippen molar-refractivity contribution < 1.29 is 27.5 Å². The van der Waals surface area contributed by atoms with Crippen LogP contribution in [0.2, 0.25) is 0 Å². The van der Waals surface area contributed by atoms with E-state index in [-0.39, 0.29) is 0 Å². The number of aliphatic carboxylic acids is 1. The van der Waals surface area contributed by atoms with Gasteiger partial charge in [0.1, 0.15) is 0 Å². The number of hydrogen-bond acceptors (Lipinski definition) is 1. The highest BCUT2D eigenvalue weighted by molar-refractivity contribution is 5.78. The molecule has 2 nitrogen and oxygen atoms in total. The van der Waals surface area contributed by atoms with Gasteiger partial charge in [0.2, 0.25) is 0 Å². The molecule has 0 saturated heterocycles. The van der Waals surface area contributed by atoms with E-state index < -0.39 is 29.7 Å². The van der Waals surface area contributed by atoms with Gasteiger partial charge in [0.25, 0.3) is 0 Å². The predicted octanol–water partition coefficient (Wildman–Crippen LogP) is 2.78. The van der Waals surface area contributed by atoms with Crippen LogP contribution in [0.5, 0.6) is 0 Å². The van der Waals surface area contributed by atoms with Crippen molar-refractivity contribution in [2.45, 2.75) is 39.0 Å². The number of rotatable bonds is 2. The molecule has 0 aromatic heterocycles. The molecule has 0 spiro atoms. The molecular formula is C8H12F4O2. The lowest BCUT2D eigenvalue weighted by molar-refractivity contribution is -0.243. The largest absolute Gasteiger partial charge is 0.479 e. The van der Waals surface area contributed by atoms with Gasteiger partial charge in [0.15, 0.2) is 0 Å². The molecule has 0 aliphatic heterocycles. The summed E-state index contributed by atoms with van der Waals surface area (Å²) >= 11 is 0. The van der Waals surface area contributed by atoms with E-state index in [2.05, 4.69) is 0 Å². The van der Waals surface area contributed by atoms with E-state index in [1.807, 2.05) is 0 Å². The summed E-state index contributed by atoms with van der Waals surface area (Å²) in [6.07, 6.45) is -6.48. The first kappa shape index (κ1) is 13.2. The lowest BCUT2D eigenvalue weighted by Gasteiger charge is -2.30. The zero-order chi connectivity index (χ0) is 11.8. The summed E-state index contributed by atoms with van der Waals surface area (Å²) in [7, 11) is 0. The maximum atomic E-state index is 13.2. The Kier molecular flexibility index (Phi) is 3.20. The first-order valence-electron chi connectivity index (χ1n) is 3.89. The van der Waals surface area contributed by atoms with Crippen molar-refractivity contribution in [2.24, 2.45) is 5.41 Å². The molecule has 0 aliphatic rings. The Hall–Kier alpha value is -0.810. The summed E-state index contributed by atoms with van der Waals surface area (Å²) in [5.74, 6) is -2.49. The molecule has 6 heteroatoms. The van der Waals surface area contributed by atoms with E-state index in [1.54, 1.807) is 0 Å². The fourth-order valence-corrected chi connectivity index (χ4v) is 1.03. The number of hydrogen-bond donors (Lipinski definition) is 1. The van der Waals surface area contributed by atoms with Crippen LogP contribution in [0.25, 0.3) is 0 Å². The SMILES string of the molecule is CC(C)(C)CC(F)(C(=O)O)C(F)(F)F. The van der Waals surface area contributed by atoms with Crippen molar-refractivity contribution in [3.05, 3.63) is 0 Å². The quantitative estimate of drug-likeness (QED) is 0.720. The van der Waals surface area contributed by atoms with Crippen molar-refractivity contribution in [1.82, 2.24) is 0 Å². The zero-order valence-corrected chi connectivity index (χ0v) is 8.07. The van der Waals surface area contributed by atoms with Crippen LogP contribution in [0.1, 0.15) is 27.2 Å². The average molecular weight is 216 g/mol. The molecule has 1 atom stereocenters. The third kappa shape index (κ3) is 2.85. The van der Waals surface area contributed by atoms with Gasteiger partial charge in [-0.25, -0.2) is 9.18 Å². The smallest absolute Gasteiger partial charge is 0.433 e. The number of halogens is 4. The molecule has 1 unspecified atom stereocenters. The van der Waals surface area contributed by atoms with E-state index in [9.17, 15) is 22.4 Å². The Morgan fingerprint density at radius 1 is 1.14 bits per heavy atom. The zero-order valence-electron chi connectivity index (χ0n) is 8.07. The van der Waals surface area contributed by atoms with E-state index in [0.29, 0.717) is 0 Å². The van der Waals surface area contributed by atoms with Crippen molar-refractivity contribution in [1.29, 1.82) is 0 Å². The summed E-state index contributed by atoms with van der Waals surface area (Å²) in [5.41, 5.74) is -5.21. The van der Waals surface area contributed by atoms with Crippen LogP contribution in [-0.4, -0.2) is 22.9 Å². The molecule has 84 valence electrons. The standard InChI is InChI=1S/C8H12F4O2/c1-6(2,3)4-7(9,5(13)14)8(10,11)12/h4H2,1-3H3,(H,13,14). The van der Waals surface area contributed by atoms with E-state index in [1.165, 1.54) is 20.8 Å². The first-order valence-corrected chi connectivity index (χ1v) is 3.89. The van der Waals surface area contributed by atoms with E-state index in [4.69, 9.17) is 5.11 Å². The molecule has 0 amide bonds. The second kappa shape index (κ2) is 3.40. The van der Waals surface area contributed by atoms with Gasteiger partial charge in [0, 0.05) is 6.42 Å². The molecule has 0 aliphatic carbocycles. The van der Waals surface area contributed by atoms with Crippen LogP contribution in [0.15, 0.2) is 0 Å². The number of carboxylic acids is 1. The highest BCUT2D eigenvalue weighted by Crippen LogP contribution is 2.42. The Morgan fingerprint density at radius 3 is 1.57 bits per heavy atom. The van der Waals surface area contributed by atoms with Gasteiger partial charge >= 0.3 is 17.8 Å². The Morgan fingerprint density at radius 2 is 1.50 bits per heavy atom. The molecule has 0 fully saturated rings. The molecule has 0 aromatic rings. The molecule has 0 saturated carbocycles. The fourth-order valence-electron chi connectivity index (χ4n) is 1.03. The van der Waals surface area contributed by atoms with Crippen molar-refractivity contribution in [2.75, 3.05) is 0 Å². The minimum atomic E-state index is -5.38. The second-order valence-corrected chi connectivity index (χ2v) is 4.34. The van der Waals surface area contributed by atoms with Crippen LogP contribution in [0.4, 0.5) is 17.6 Å². The molecule has 1 N–H and O–H groups in total. The van der Waals surface area contributed by atoms with Crippen LogP contribution in [-0.2, 0) is 4.79 Å². The summed E-state index contributed by atoms with van der Waals surface area (Å²) in [5, 5.41) is 8.24. The van der Waals surface area contributed by atoms with E-state index in [0.717, 1.165) is 0 Å². The van der Waals surface area contributed by atoms with Gasteiger partial charge in [-0.3, -0.25) is 0 Å². The Labute approximate surface area is 78.9 Å². The van der Waals surface area contributed by atoms with Crippen molar-refractivity contribution in [3.8, 4) is 0 Å². The van der Waals surface area contributed by atoms with Crippen molar-refractivity contribution in [3.63, 3.8) is 0 Å². The molecular weight excluding hydrogens is 204 g/mol. The Bertz CT molecular complexity index is 228. The molecule has 0 bridgehead atoms. The van der Waals surface area contributed by atoms with Gasteiger partial charge in [0.05, 0.1) is 0 Å². The Balaban J connectivity index is 5.04. The lowest BCUT2D eigenvalue weighted by atomic mass is 9.82. The molecule has 0 aromatic carbocycles. The maximum absolute atomic E-state index is 13.2. The number of carbonyl (C=O) groups is 1. The minimum Gasteiger partial charge on any atom is -0.479 e. The second-order valence-electron chi connectivity index (χ2n) is 4.34. The number of alkyl halides is 4. The normalized spacial score (nSPS) is 17.6. The highest BCUT2D eigenvalue weighted by Gasteiger charge is 2.63. The third-order valence-corrected chi connectivity index (χ3v) is 1.56. The molecule has 0 radical (unpaired) electrons. The first-order chi connectivity index (χ1) is 5.90. The summed E-state index contributed by atoms with van der Waals surface area (Å²) < 4.78 is 49.6.